The molecule has 2 atom stereocenters. The van der Waals surface area contributed by atoms with E-state index in [0.29, 0.717) is 25.0 Å². The van der Waals surface area contributed by atoms with Crippen LogP contribution in [0.15, 0.2) is 48.5 Å². The van der Waals surface area contributed by atoms with E-state index in [0.717, 1.165) is 19.4 Å². The minimum Gasteiger partial charge on any atom is -0.334 e. The van der Waals surface area contributed by atoms with Crippen LogP contribution in [0.2, 0.25) is 0 Å². The van der Waals surface area contributed by atoms with Crippen molar-refractivity contribution in [2.24, 2.45) is 5.92 Å². The summed E-state index contributed by atoms with van der Waals surface area (Å²) >= 11 is 0. The van der Waals surface area contributed by atoms with Gasteiger partial charge in [-0.15, -0.1) is 12.4 Å². The minimum absolute atomic E-state index is 0. The molecule has 0 saturated carbocycles. The lowest BCUT2D eigenvalue weighted by Gasteiger charge is -2.32. The van der Waals surface area contributed by atoms with Gasteiger partial charge in [0.05, 0.1) is 0 Å². The Labute approximate surface area is 155 Å². The first-order valence-electron chi connectivity index (χ1n) is 8.90. The van der Waals surface area contributed by atoms with Gasteiger partial charge >= 0.3 is 0 Å². The van der Waals surface area contributed by atoms with Crippen molar-refractivity contribution in [3.63, 3.8) is 0 Å². The van der Waals surface area contributed by atoms with E-state index in [9.17, 15) is 4.79 Å². The number of nitrogens with zero attached hydrogens (tertiary/aromatic N) is 1. The van der Waals surface area contributed by atoms with Crippen LogP contribution in [0.5, 0.6) is 0 Å². The lowest BCUT2D eigenvalue weighted by molar-refractivity contribution is -0.138. The number of amides is 1. The highest BCUT2D eigenvalue weighted by Crippen LogP contribution is 2.33. The topological polar surface area (TPSA) is 32.3 Å². The first-order chi connectivity index (χ1) is 11.7. The number of carbonyl (C=O) groups is 1. The van der Waals surface area contributed by atoms with Crippen LogP contribution < -0.4 is 5.32 Å². The monoisotopic (exact) mass is 356 g/mol. The normalized spacial score (nSPS) is 22.2. The van der Waals surface area contributed by atoms with Crippen LogP contribution in [0.25, 0.3) is 11.1 Å². The summed E-state index contributed by atoms with van der Waals surface area (Å²) in [6, 6.07) is 17.4. The molecule has 2 aromatic carbocycles. The van der Waals surface area contributed by atoms with Crippen LogP contribution in [0.1, 0.15) is 30.9 Å². The third kappa shape index (κ3) is 3.58. The molecule has 0 aromatic heterocycles. The largest absolute Gasteiger partial charge is 0.334 e. The standard InChI is InChI=1S/C21H24N2O.ClH/c1-15-12-16(10-11-22-15)21(24)23-13-17-6-2-4-8-19(17)20-9-5-3-7-18(20)14-23;/h2-9,15-16,22H,10-14H2,1H3;1H/t15-,16-;/m0./s1. The lowest BCUT2D eigenvalue weighted by Crippen LogP contribution is -2.43. The maximum absolute atomic E-state index is 13.2. The predicted molar refractivity (Wildman–Crippen MR) is 104 cm³/mol. The summed E-state index contributed by atoms with van der Waals surface area (Å²) < 4.78 is 0. The molecular weight excluding hydrogens is 332 g/mol. The quantitative estimate of drug-likeness (QED) is 0.837. The van der Waals surface area contributed by atoms with Crippen molar-refractivity contribution in [2.75, 3.05) is 6.54 Å². The average Bonchev–Trinajstić information content (AvgIpc) is 2.78. The summed E-state index contributed by atoms with van der Waals surface area (Å²) in [7, 11) is 0. The molecule has 4 heteroatoms. The summed E-state index contributed by atoms with van der Waals surface area (Å²) in [5, 5.41) is 3.44. The Balaban J connectivity index is 0.00000182. The molecule has 2 aromatic rings. The van der Waals surface area contributed by atoms with Crippen LogP contribution in [-0.2, 0) is 17.9 Å². The highest BCUT2D eigenvalue weighted by atomic mass is 35.5. The number of piperidine rings is 1. The molecule has 2 aliphatic heterocycles. The Bertz CT molecular complexity index is 714. The Morgan fingerprint density at radius 3 is 2.12 bits per heavy atom. The van der Waals surface area contributed by atoms with Gasteiger partial charge in [-0.25, -0.2) is 0 Å². The van der Waals surface area contributed by atoms with Gasteiger partial charge < -0.3 is 10.2 Å². The third-order valence-electron chi connectivity index (χ3n) is 5.33. The molecule has 4 rings (SSSR count). The van der Waals surface area contributed by atoms with E-state index in [1.165, 1.54) is 22.3 Å². The molecule has 2 aliphatic rings. The lowest BCUT2D eigenvalue weighted by atomic mass is 9.92. The summed E-state index contributed by atoms with van der Waals surface area (Å²) in [6.07, 6.45) is 1.89. The van der Waals surface area contributed by atoms with Crippen molar-refractivity contribution in [1.82, 2.24) is 10.2 Å². The van der Waals surface area contributed by atoms with Gasteiger partial charge in [0.2, 0.25) is 5.91 Å². The second-order valence-electron chi connectivity index (χ2n) is 7.09. The molecule has 1 N–H and O–H groups in total. The fourth-order valence-electron chi connectivity index (χ4n) is 4.08. The SMILES string of the molecule is C[C@H]1C[C@@H](C(=O)N2Cc3ccccc3-c3ccccc3C2)CCN1.Cl. The molecule has 0 radical (unpaired) electrons. The van der Waals surface area contributed by atoms with Crippen molar-refractivity contribution in [3.05, 3.63) is 59.7 Å². The van der Waals surface area contributed by atoms with Crippen LogP contribution >= 0.6 is 12.4 Å². The molecule has 3 nitrogen and oxygen atoms in total. The van der Waals surface area contributed by atoms with E-state index in [4.69, 9.17) is 0 Å². The first-order valence-corrected chi connectivity index (χ1v) is 8.90. The van der Waals surface area contributed by atoms with Crippen LogP contribution in [0, 0.1) is 5.92 Å². The molecule has 1 saturated heterocycles. The minimum atomic E-state index is 0. The Hall–Kier alpha value is -1.84. The van der Waals surface area contributed by atoms with Crippen molar-refractivity contribution in [3.8, 4) is 11.1 Å². The number of rotatable bonds is 1. The van der Waals surface area contributed by atoms with E-state index in [1.54, 1.807) is 0 Å². The van der Waals surface area contributed by atoms with Gasteiger partial charge in [-0.05, 0) is 48.6 Å². The molecular formula is C21H25ClN2O. The number of hydrogen-bond acceptors (Lipinski definition) is 2. The van der Waals surface area contributed by atoms with E-state index >= 15 is 0 Å². The summed E-state index contributed by atoms with van der Waals surface area (Å²) in [4.78, 5) is 15.2. The second-order valence-corrected chi connectivity index (χ2v) is 7.09. The summed E-state index contributed by atoms with van der Waals surface area (Å²) in [5.41, 5.74) is 5.03. The Morgan fingerprint density at radius 2 is 1.56 bits per heavy atom. The van der Waals surface area contributed by atoms with Gasteiger partial charge in [0.1, 0.15) is 0 Å². The van der Waals surface area contributed by atoms with Gasteiger partial charge in [-0.1, -0.05) is 48.5 Å². The molecule has 1 fully saturated rings. The van der Waals surface area contributed by atoms with E-state index in [2.05, 4.69) is 65.7 Å². The molecule has 132 valence electrons. The molecule has 0 unspecified atom stereocenters. The fraction of sp³-hybridized carbons (Fsp3) is 0.381. The van der Waals surface area contributed by atoms with Gasteiger partial charge in [-0.3, -0.25) is 4.79 Å². The van der Waals surface area contributed by atoms with Gasteiger partial charge in [0.15, 0.2) is 0 Å². The number of carbonyl (C=O) groups excluding carboxylic acids is 1. The molecule has 1 amide bonds. The number of benzene rings is 2. The number of nitrogens with one attached hydrogen (secondary N) is 1. The number of halogens is 1. The maximum atomic E-state index is 13.2. The van der Waals surface area contributed by atoms with Gasteiger partial charge in [0, 0.05) is 25.0 Å². The van der Waals surface area contributed by atoms with Crippen LogP contribution in [0.4, 0.5) is 0 Å². The van der Waals surface area contributed by atoms with E-state index in [1.807, 2.05) is 0 Å². The zero-order chi connectivity index (χ0) is 16.5. The van der Waals surface area contributed by atoms with E-state index < -0.39 is 0 Å². The fourth-order valence-corrected chi connectivity index (χ4v) is 4.08. The summed E-state index contributed by atoms with van der Waals surface area (Å²) in [5.74, 6) is 0.466. The van der Waals surface area contributed by atoms with Crippen molar-refractivity contribution in [1.29, 1.82) is 0 Å². The highest BCUT2D eigenvalue weighted by Gasteiger charge is 2.30. The van der Waals surface area contributed by atoms with Gasteiger partial charge in [0.25, 0.3) is 0 Å². The third-order valence-corrected chi connectivity index (χ3v) is 5.33. The smallest absolute Gasteiger partial charge is 0.226 e. The number of hydrogen-bond donors (Lipinski definition) is 1. The highest BCUT2D eigenvalue weighted by molar-refractivity contribution is 5.85. The Kier molecular flexibility index (Phi) is 5.45. The van der Waals surface area contributed by atoms with Crippen LogP contribution in [0.3, 0.4) is 0 Å². The molecule has 25 heavy (non-hydrogen) atoms. The molecule has 0 spiro atoms. The maximum Gasteiger partial charge on any atom is 0.226 e. The van der Waals surface area contributed by atoms with Crippen molar-refractivity contribution >= 4 is 18.3 Å². The van der Waals surface area contributed by atoms with Gasteiger partial charge in [-0.2, -0.15) is 0 Å². The van der Waals surface area contributed by atoms with Crippen LogP contribution in [-0.4, -0.2) is 23.4 Å². The zero-order valence-electron chi connectivity index (χ0n) is 14.6. The first kappa shape index (κ1) is 18.0. The average molecular weight is 357 g/mol. The van der Waals surface area contributed by atoms with Crippen molar-refractivity contribution in [2.45, 2.75) is 38.9 Å². The summed E-state index contributed by atoms with van der Waals surface area (Å²) in [6.45, 7) is 4.54. The molecule has 2 heterocycles. The molecule has 0 bridgehead atoms. The Morgan fingerprint density at radius 1 is 1.00 bits per heavy atom. The molecule has 0 aliphatic carbocycles. The zero-order valence-corrected chi connectivity index (χ0v) is 15.4. The van der Waals surface area contributed by atoms with Crippen molar-refractivity contribution < 1.29 is 4.79 Å². The van der Waals surface area contributed by atoms with E-state index in [-0.39, 0.29) is 18.3 Å². The second kappa shape index (κ2) is 7.59. The number of fused-ring (bicyclic) bond motifs is 3. The predicted octanol–water partition coefficient (Wildman–Crippen LogP) is 4.01.